The first-order valence-corrected chi connectivity index (χ1v) is 7.77. The van der Waals surface area contributed by atoms with E-state index in [0.717, 1.165) is 36.9 Å². The van der Waals surface area contributed by atoms with Crippen molar-refractivity contribution in [3.63, 3.8) is 0 Å². The number of benzene rings is 2. The van der Waals surface area contributed by atoms with Crippen LogP contribution in [0.3, 0.4) is 0 Å². The van der Waals surface area contributed by atoms with Crippen LogP contribution in [0.25, 0.3) is 11.3 Å². The summed E-state index contributed by atoms with van der Waals surface area (Å²) in [6.45, 7) is 2.78. The first-order valence-electron chi connectivity index (χ1n) is 7.77. The van der Waals surface area contributed by atoms with Crippen LogP contribution in [0.15, 0.2) is 54.6 Å². The molecular formula is C19H19N3O. The van der Waals surface area contributed by atoms with Crippen molar-refractivity contribution in [2.75, 3.05) is 0 Å². The lowest BCUT2D eigenvalue weighted by Crippen LogP contribution is -2.04. The van der Waals surface area contributed by atoms with Crippen molar-refractivity contribution < 1.29 is 4.79 Å². The Morgan fingerprint density at radius 1 is 1.04 bits per heavy atom. The first-order chi connectivity index (χ1) is 11.3. The second-order valence-corrected chi connectivity index (χ2v) is 5.62. The van der Waals surface area contributed by atoms with E-state index in [1.165, 1.54) is 11.1 Å². The molecule has 0 unspecified atom stereocenters. The SMILES string of the molecule is Cc1ccc(-c2c(C=O)nnn2CCCc2ccccc2)cc1. The highest BCUT2D eigenvalue weighted by Gasteiger charge is 2.14. The average Bonchev–Trinajstić information content (AvgIpc) is 2.99. The van der Waals surface area contributed by atoms with E-state index in [1.807, 2.05) is 54.1 Å². The number of nitrogens with zero attached hydrogens (tertiary/aromatic N) is 3. The second kappa shape index (κ2) is 7.01. The molecule has 4 nitrogen and oxygen atoms in total. The van der Waals surface area contributed by atoms with Crippen molar-refractivity contribution in [3.05, 3.63) is 71.4 Å². The minimum absolute atomic E-state index is 0.397. The fourth-order valence-corrected chi connectivity index (χ4v) is 2.65. The smallest absolute Gasteiger partial charge is 0.172 e. The Bertz CT molecular complexity index is 776. The number of hydrogen-bond acceptors (Lipinski definition) is 3. The molecule has 116 valence electrons. The van der Waals surface area contributed by atoms with E-state index >= 15 is 0 Å². The Labute approximate surface area is 135 Å². The van der Waals surface area contributed by atoms with Gasteiger partial charge in [0.1, 0.15) is 0 Å². The summed E-state index contributed by atoms with van der Waals surface area (Å²) in [7, 11) is 0. The number of carbonyl (C=O) groups excluding carboxylic acids is 1. The highest BCUT2D eigenvalue weighted by atomic mass is 16.1. The summed E-state index contributed by atoms with van der Waals surface area (Å²) < 4.78 is 1.83. The summed E-state index contributed by atoms with van der Waals surface area (Å²) in [6, 6.07) is 18.4. The lowest BCUT2D eigenvalue weighted by atomic mass is 10.1. The van der Waals surface area contributed by atoms with E-state index in [1.54, 1.807) is 0 Å². The average molecular weight is 305 g/mol. The molecule has 0 aliphatic heterocycles. The summed E-state index contributed by atoms with van der Waals surface area (Å²) in [4.78, 5) is 11.3. The third-order valence-electron chi connectivity index (χ3n) is 3.88. The van der Waals surface area contributed by atoms with Gasteiger partial charge in [-0.2, -0.15) is 0 Å². The molecule has 1 aromatic heterocycles. The molecule has 0 fully saturated rings. The van der Waals surface area contributed by atoms with Crippen molar-refractivity contribution in [1.29, 1.82) is 0 Å². The van der Waals surface area contributed by atoms with Crippen LogP contribution in [0.5, 0.6) is 0 Å². The minimum Gasteiger partial charge on any atom is -0.296 e. The maximum absolute atomic E-state index is 11.3. The van der Waals surface area contributed by atoms with E-state index in [9.17, 15) is 4.79 Å². The lowest BCUT2D eigenvalue weighted by molar-refractivity contribution is 0.111. The zero-order chi connectivity index (χ0) is 16.1. The quantitative estimate of drug-likeness (QED) is 0.652. The molecule has 23 heavy (non-hydrogen) atoms. The normalized spacial score (nSPS) is 10.7. The third-order valence-corrected chi connectivity index (χ3v) is 3.88. The Morgan fingerprint density at radius 2 is 1.78 bits per heavy atom. The first kappa shape index (κ1) is 15.2. The van der Waals surface area contributed by atoms with Crippen LogP contribution >= 0.6 is 0 Å². The number of aromatic nitrogens is 3. The molecule has 0 aliphatic carbocycles. The summed E-state index contributed by atoms with van der Waals surface area (Å²) >= 11 is 0. The third kappa shape index (κ3) is 3.54. The van der Waals surface area contributed by atoms with Gasteiger partial charge in [0.15, 0.2) is 12.0 Å². The van der Waals surface area contributed by atoms with Crippen LogP contribution in [0.1, 0.15) is 28.0 Å². The Kier molecular flexibility index (Phi) is 4.62. The molecule has 0 saturated heterocycles. The van der Waals surface area contributed by atoms with E-state index < -0.39 is 0 Å². The predicted octanol–water partition coefficient (Wildman–Crippen LogP) is 3.70. The maximum Gasteiger partial charge on any atom is 0.172 e. The monoisotopic (exact) mass is 305 g/mol. The number of carbonyl (C=O) groups is 1. The van der Waals surface area contributed by atoms with Crippen LogP contribution in [0.2, 0.25) is 0 Å². The largest absolute Gasteiger partial charge is 0.296 e. The fourth-order valence-electron chi connectivity index (χ4n) is 2.65. The molecule has 4 heteroatoms. The van der Waals surface area contributed by atoms with Crippen LogP contribution < -0.4 is 0 Å². The molecule has 0 aliphatic rings. The molecule has 2 aromatic carbocycles. The standard InChI is InChI=1S/C19H19N3O/c1-15-9-11-17(12-10-15)19-18(14-23)20-21-22(19)13-5-8-16-6-3-2-4-7-16/h2-4,6-7,9-12,14H,5,8,13H2,1H3. The van der Waals surface area contributed by atoms with Crippen molar-refractivity contribution >= 4 is 6.29 Å². The van der Waals surface area contributed by atoms with Crippen molar-refractivity contribution in [2.45, 2.75) is 26.3 Å². The number of aryl methyl sites for hydroxylation is 3. The van der Waals surface area contributed by atoms with Gasteiger partial charge in [-0.1, -0.05) is 65.4 Å². The van der Waals surface area contributed by atoms with Gasteiger partial charge in [-0.05, 0) is 25.3 Å². The Morgan fingerprint density at radius 3 is 2.48 bits per heavy atom. The van der Waals surface area contributed by atoms with Crippen LogP contribution in [0, 0.1) is 6.92 Å². The van der Waals surface area contributed by atoms with Gasteiger partial charge in [0.05, 0.1) is 5.69 Å². The second-order valence-electron chi connectivity index (χ2n) is 5.62. The van der Waals surface area contributed by atoms with Gasteiger partial charge < -0.3 is 0 Å². The van der Waals surface area contributed by atoms with Gasteiger partial charge in [0.2, 0.25) is 0 Å². The van der Waals surface area contributed by atoms with Crippen molar-refractivity contribution in [2.24, 2.45) is 0 Å². The molecule has 0 amide bonds. The zero-order valence-electron chi connectivity index (χ0n) is 13.1. The summed E-state index contributed by atoms with van der Waals surface area (Å²) in [5, 5.41) is 8.16. The van der Waals surface area contributed by atoms with E-state index in [4.69, 9.17) is 0 Å². The number of aldehydes is 1. The van der Waals surface area contributed by atoms with Gasteiger partial charge in [0, 0.05) is 12.1 Å². The lowest BCUT2D eigenvalue weighted by Gasteiger charge is -2.07. The van der Waals surface area contributed by atoms with Gasteiger partial charge in [-0.25, -0.2) is 4.68 Å². The minimum atomic E-state index is 0.397. The molecular weight excluding hydrogens is 286 g/mol. The molecule has 0 N–H and O–H groups in total. The number of rotatable bonds is 6. The van der Waals surface area contributed by atoms with Gasteiger partial charge in [-0.15, -0.1) is 5.10 Å². The topological polar surface area (TPSA) is 47.8 Å². The van der Waals surface area contributed by atoms with E-state index in [-0.39, 0.29) is 0 Å². The van der Waals surface area contributed by atoms with Crippen LogP contribution in [0.4, 0.5) is 0 Å². The Hall–Kier alpha value is -2.75. The molecule has 3 aromatic rings. The molecule has 0 spiro atoms. The van der Waals surface area contributed by atoms with Crippen LogP contribution in [-0.2, 0) is 13.0 Å². The molecule has 3 rings (SSSR count). The molecule has 0 bridgehead atoms. The summed E-state index contributed by atoms with van der Waals surface area (Å²) in [6.07, 6.45) is 2.70. The summed E-state index contributed by atoms with van der Waals surface area (Å²) in [5.74, 6) is 0. The van der Waals surface area contributed by atoms with E-state index in [2.05, 4.69) is 22.4 Å². The molecule has 0 saturated carbocycles. The van der Waals surface area contributed by atoms with E-state index in [0.29, 0.717) is 5.69 Å². The fraction of sp³-hybridized carbons (Fsp3) is 0.211. The van der Waals surface area contributed by atoms with Gasteiger partial charge >= 0.3 is 0 Å². The number of hydrogen-bond donors (Lipinski definition) is 0. The molecule has 0 radical (unpaired) electrons. The Balaban J connectivity index is 1.78. The molecule has 1 heterocycles. The predicted molar refractivity (Wildman–Crippen MR) is 90.3 cm³/mol. The van der Waals surface area contributed by atoms with Crippen molar-refractivity contribution in [1.82, 2.24) is 15.0 Å². The van der Waals surface area contributed by atoms with Crippen LogP contribution in [-0.4, -0.2) is 21.3 Å². The van der Waals surface area contributed by atoms with Gasteiger partial charge in [-0.3, -0.25) is 4.79 Å². The van der Waals surface area contributed by atoms with Crippen molar-refractivity contribution in [3.8, 4) is 11.3 Å². The zero-order valence-corrected chi connectivity index (χ0v) is 13.1. The highest BCUT2D eigenvalue weighted by molar-refractivity contribution is 5.83. The summed E-state index contributed by atoms with van der Waals surface area (Å²) in [5.41, 5.74) is 4.66. The maximum atomic E-state index is 11.3. The highest BCUT2D eigenvalue weighted by Crippen LogP contribution is 2.22. The molecule has 0 atom stereocenters. The van der Waals surface area contributed by atoms with Gasteiger partial charge in [0.25, 0.3) is 0 Å².